The quantitative estimate of drug-likeness (QED) is 0.0338. The van der Waals surface area contributed by atoms with Crippen LogP contribution >= 0.6 is 0 Å². The molecule has 0 aromatic heterocycles. The number of methoxy groups -OCH3 is 1. The summed E-state index contributed by atoms with van der Waals surface area (Å²) in [6.45, 7) is 1.74. The zero-order valence-corrected chi connectivity index (χ0v) is 38.7. The van der Waals surface area contributed by atoms with Crippen molar-refractivity contribution in [3.05, 3.63) is 115 Å². The molecular formula is C47H55F4N5O14. The highest BCUT2D eigenvalue weighted by Gasteiger charge is 2.50. The monoisotopic (exact) mass is 989 g/mol. The summed E-state index contributed by atoms with van der Waals surface area (Å²) in [7, 11) is 1.57. The van der Waals surface area contributed by atoms with Gasteiger partial charge in [0.15, 0.2) is 11.6 Å². The van der Waals surface area contributed by atoms with E-state index in [1.165, 1.54) is 9.80 Å². The van der Waals surface area contributed by atoms with Gasteiger partial charge in [-0.3, -0.25) is 9.69 Å². The number of carbonyl (C=O) groups is 3. The summed E-state index contributed by atoms with van der Waals surface area (Å²) in [5.74, 6) is -0.574. The summed E-state index contributed by atoms with van der Waals surface area (Å²) in [4.78, 5) is 77.8. The number of nitrogens with zero attached hydrogens (tertiary/aromatic N) is 5. The maximum absolute atomic E-state index is 15.4. The summed E-state index contributed by atoms with van der Waals surface area (Å²) in [6.07, 6.45) is -2.62. The molecule has 380 valence electrons. The minimum absolute atomic E-state index is 0.00436. The van der Waals surface area contributed by atoms with Crippen LogP contribution in [-0.4, -0.2) is 121 Å². The van der Waals surface area contributed by atoms with E-state index < -0.39 is 52.0 Å². The third-order valence-electron chi connectivity index (χ3n) is 11.9. The Hall–Kier alpha value is -7.07. The number of unbranched alkanes of at least 4 members (excludes halogenated alkanes) is 3. The summed E-state index contributed by atoms with van der Waals surface area (Å²) in [5.41, 5.74) is 2.20. The molecule has 2 unspecified atom stereocenters. The number of hydrogen-bond donors (Lipinski definition) is 0. The Balaban J connectivity index is 1.24. The Labute approximate surface area is 400 Å². The molecule has 6 rings (SSSR count). The fraction of sp³-hybridized carbons (Fsp3) is 0.511. The van der Waals surface area contributed by atoms with Gasteiger partial charge >= 0.3 is 18.4 Å². The van der Waals surface area contributed by atoms with E-state index in [1.54, 1.807) is 36.3 Å². The molecule has 70 heavy (non-hydrogen) atoms. The Morgan fingerprint density at radius 2 is 1.36 bits per heavy atom. The van der Waals surface area contributed by atoms with Gasteiger partial charge in [-0.15, -0.1) is 20.2 Å². The van der Waals surface area contributed by atoms with Crippen LogP contribution in [-0.2, 0) is 36.7 Å². The molecule has 2 heterocycles. The number of alkyl halides is 3. The minimum atomic E-state index is -4.68. The molecule has 3 aliphatic rings. The van der Waals surface area contributed by atoms with Crippen LogP contribution in [0.5, 0.6) is 17.2 Å². The van der Waals surface area contributed by atoms with Crippen LogP contribution in [0.15, 0.2) is 66.2 Å². The van der Waals surface area contributed by atoms with E-state index in [2.05, 4.69) is 9.68 Å². The standard InChI is InChI=1S/C47H55F4N5O14/c1-31-25-32(9-17-41(31)64-2)28-53(35-13-14-35)44(57)43-38(33-10-15-37(16-11-33)65-19-3-4-20-66-42-18-12-34(26-39(42)48)47(49,50)51)27-36-29-52(45(58)67-21-5-7-23-69-55(60)61)30-40(43)54(36)46(59)68-22-6-8-24-70-56(62)63/h9-12,15-18,25-26,35-36,40H,3-8,13-14,19-24,27-30H2,1-2H3. The molecule has 3 aromatic rings. The lowest BCUT2D eigenvalue weighted by Crippen LogP contribution is -2.65. The van der Waals surface area contributed by atoms with E-state index in [9.17, 15) is 47.4 Å². The van der Waals surface area contributed by atoms with Crippen LogP contribution in [0.3, 0.4) is 0 Å². The molecule has 0 radical (unpaired) electrons. The molecule has 1 saturated carbocycles. The lowest BCUT2D eigenvalue weighted by atomic mass is 9.81. The van der Waals surface area contributed by atoms with Gasteiger partial charge in [-0.05, 0) is 123 Å². The SMILES string of the molecule is COc1ccc(CN(C(=O)C2=C(c3ccc(OCCCCOc4ccc(C(F)(F)F)cc4F)cc3)CC3CN(C(=O)OCCCCO[N+](=O)[O-])CC2N3C(=O)OCCCCO[N+](=O)[O-])C2CC2)cc1C. The van der Waals surface area contributed by atoms with E-state index in [4.69, 9.17) is 23.7 Å². The largest absolute Gasteiger partial charge is 0.496 e. The van der Waals surface area contributed by atoms with Gasteiger partial charge in [-0.25, -0.2) is 14.0 Å². The normalized spacial score (nSPS) is 16.5. The average Bonchev–Trinajstić information content (AvgIpc) is 4.16. The van der Waals surface area contributed by atoms with Crippen molar-refractivity contribution in [2.75, 3.05) is 59.8 Å². The first-order valence-corrected chi connectivity index (χ1v) is 22.9. The van der Waals surface area contributed by atoms with Gasteiger partial charge in [-0.1, -0.05) is 24.3 Å². The molecule has 3 aromatic carbocycles. The van der Waals surface area contributed by atoms with Crippen LogP contribution < -0.4 is 14.2 Å². The maximum Gasteiger partial charge on any atom is 0.416 e. The molecule has 1 saturated heterocycles. The molecule has 0 spiro atoms. The van der Waals surface area contributed by atoms with Crippen molar-refractivity contribution < 1.29 is 75.5 Å². The van der Waals surface area contributed by atoms with Crippen molar-refractivity contribution in [2.45, 2.75) is 95.6 Å². The molecule has 2 bridgehead atoms. The smallest absolute Gasteiger partial charge is 0.416 e. The van der Waals surface area contributed by atoms with Gasteiger partial charge in [0.2, 0.25) is 0 Å². The highest BCUT2D eigenvalue weighted by atomic mass is 19.4. The van der Waals surface area contributed by atoms with Gasteiger partial charge in [-0.2, -0.15) is 13.2 Å². The Bertz CT molecular complexity index is 2350. The van der Waals surface area contributed by atoms with E-state index in [0.29, 0.717) is 41.5 Å². The Morgan fingerprint density at radius 3 is 1.94 bits per heavy atom. The topological polar surface area (TPSA) is 212 Å². The zero-order chi connectivity index (χ0) is 50.4. The molecule has 23 heteroatoms. The van der Waals surface area contributed by atoms with Crippen LogP contribution in [0.1, 0.15) is 80.0 Å². The highest BCUT2D eigenvalue weighted by Crippen LogP contribution is 2.42. The summed E-state index contributed by atoms with van der Waals surface area (Å²) < 4.78 is 81.0. The molecular weight excluding hydrogens is 935 g/mol. The predicted octanol–water partition coefficient (Wildman–Crippen LogP) is 8.35. The number of aryl methyl sites for hydroxylation is 1. The molecule has 2 atom stereocenters. The summed E-state index contributed by atoms with van der Waals surface area (Å²) in [6, 6.07) is 13.0. The zero-order valence-electron chi connectivity index (χ0n) is 38.7. The van der Waals surface area contributed by atoms with Gasteiger partial charge in [0, 0.05) is 31.2 Å². The van der Waals surface area contributed by atoms with Crippen molar-refractivity contribution in [1.29, 1.82) is 0 Å². The van der Waals surface area contributed by atoms with Gasteiger partial charge in [0.1, 0.15) is 11.5 Å². The lowest BCUT2D eigenvalue weighted by molar-refractivity contribution is -0.757. The molecule has 3 amide bonds. The number of rotatable bonds is 25. The van der Waals surface area contributed by atoms with Gasteiger partial charge in [0.25, 0.3) is 16.1 Å². The number of fused-ring (bicyclic) bond motifs is 2. The first kappa shape index (κ1) is 52.3. The molecule has 19 nitrogen and oxygen atoms in total. The van der Waals surface area contributed by atoms with E-state index >= 15 is 4.79 Å². The van der Waals surface area contributed by atoms with Crippen molar-refractivity contribution in [1.82, 2.24) is 14.7 Å². The molecule has 0 N–H and O–H groups in total. The lowest BCUT2D eigenvalue weighted by Gasteiger charge is -2.50. The fourth-order valence-electron chi connectivity index (χ4n) is 8.32. The van der Waals surface area contributed by atoms with Gasteiger partial charge in [0.05, 0.1) is 64.4 Å². The number of piperazine rings is 1. The third-order valence-corrected chi connectivity index (χ3v) is 11.9. The minimum Gasteiger partial charge on any atom is -0.496 e. The predicted molar refractivity (Wildman–Crippen MR) is 239 cm³/mol. The summed E-state index contributed by atoms with van der Waals surface area (Å²) in [5, 5.41) is 19.3. The second kappa shape index (κ2) is 24.5. The second-order valence-corrected chi connectivity index (χ2v) is 16.9. The average molecular weight is 990 g/mol. The Morgan fingerprint density at radius 1 is 0.757 bits per heavy atom. The number of amides is 3. The Kier molecular flexibility index (Phi) is 18.3. The van der Waals surface area contributed by atoms with E-state index in [0.717, 1.165) is 36.1 Å². The fourth-order valence-corrected chi connectivity index (χ4v) is 8.32. The van der Waals surface area contributed by atoms with Crippen molar-refractivity contribution in [3.8, 4) is 17.2 Å². The first-order chi connectivity index (χ1) is 33.5. The number of halogens is 4. The molecule has 1 aliphatic carbocycles. The first-order valence-electron chi connectivity index (χ1n) is 22.9. The molecule has 2 fully saturated rings. The van der Waals surface area contributed by atoms with Crippen molar-refractivity contribution >= 4 is 23.7 Å². The number of benzene rings is 3. The second-order valence-electron chi connectivity index (χ2n) is 16.9. The number of ether oxygens (including phenoxy) is 5. The maximum atomic E-state index is 15.4. The van der Waals surface area contributed by atoms with Gasteiger partial charge < -0.3 is 43.2 Å². The summed E-state index contributed by atoms with van der Waals surface area (Å²) >= 11 is 0. The molecule has 2 aliphatic heterocycles. The van der Waals surface area contributed by atoms with E-state index in [-0.39, 0.29) is 115 Å². The van der Waals surface area contributed by atoms with E-state index in [1.807, 2.05) is 25.1 Å². The third kappa shape index (κ3) is 14.5. The van der Waals surface area contributed by atoms with Crippen LogP contribution in [0.25, 0.3) is 5.57 Å². The number of hydrogen-bond acceptors (Lipinski definition) is 14. The number of carbonyl (C=O) groups excluding carboxylic acids is 3. The van der Waals surface area contributed by atoms with Crippen molar-refractivity contribution in [2.24, 2.45) is 0 Å². The van der Waals surface area contributed by atoms with Crippen LogP contribution in [0.4, 0.5) is 27.2 Å². The van der Waals surface area contributed by atoms with Crippen LogP contribution in [0, 0.1) is 33.0 Å². The van der Waals surface area contributed by atoms with Crippen molar-refractivity contribution in [3.63, 3.8) is 0 Å². The highest BCUT2D eigenvalue weighted by molar-refractivity contribution is 6.04. The van der Waals surface area contributed by atoms with Crippen LogP contribution in [0.2, 0.25) is 0 Å².